The van der Waals surface area contributed by atoms with Crippen LogP contribution in [-0.4, -0.2) is 6.61 Å². The lowest BCUT2D eigenvalue weighted by Gasteiger charge is -2.12. The smallest absolute Gasteiger partial charge is 0.387 e. The van der Waals surface area contributed by atoms with Gasteiger partial charge in [0.05, 0.1) is 5.56 Å². The summed E-state index contributed by atoms with van der Waals surface area (Å²) in [5, 5.41) is 0. The van der Waals surface area contributed by atoms with Gasteiger partial charge in [-0.3, -0.25) is 0 Å². The molecule has 0 N–H and O–H groups in total. The van der Waals surface area contributed by atoms with Crippen molar-refractivity contribution in [2.24, 2.45) is 0 Å². The molecule has 0 fully saturated rings. The van der Waals surface area contributed by atoms with Crippen molar-refractivity contribution in [3.63, 3.8) is 0 Å². The van der Waals surface area contributed by atoms with Crippen LogP contribution in [0.2, 0.25) is 0 Å². The Hall–Kier alpha value is -2.32. The summed E-state index contributed by atoms with van der Waals surface area (Å²) < 4.78 is 108. The van der Waals surface area contributed by atoms with Crippen molar-refractivity contribution in [1.82, 2.24) is 0 Å². The van der Waals surface area contributed by atoms with Gasteiger partial charge in [-0.15, -0.1) is 0 Å². The predicted molar refractivity (Wildman–Crippen MR) is 58.3 cm³/mol. The van der Waals surface area contributed by atoms with Crippen molar-refractivity contribution in [2.45, 2.75) is 6.61 Å². The fourth-order valence-corrected chi connectivity index (χ4v) is 1.73. The molecule has 0 spiro atoms. The zero-order chi connectivity index (χ0) is 16.6. The number of rotatable bonds is 3. The van der Waals surface area contributed by atoms with Gasteiger partial charge >= 0.3 is 6.61 Å². The topological polar surface area (TPSA) is 9.23 Å². The molecule has 22 heavy (non-hydrogen) atoms. The van der Waals surface area contributed by atoms with Crippen LogP contribution < -0.4 is 4.74 Å². The molecule has 0 aliphatic rings. The van der Waals surface area contributed by atoms with Crippen LogP contribution >= 0.6 is 0 Å². The van der Waals surface area contributed by atoms with E-state index in [2.05, 4.69) is 4.74 Å². The van der Waals surface area contributed by atoms with Crippen LogP contribution in [0.5, 0.6) is 5.75 Å². The van der Waals surface area contributed by atoms with E-state index in [1.165, 1.54) is 0 Å². The second-order valence-corrected chi connectivity index (χ2v) is 3.94. The predicted octanol–water partition coefficient (Wildman–Crippen LogP) is 4.79. The van der Waals surface area contributed by atoms with Crippen LogP contribution in [0.3, 0.4) is 0 Å². The van der Waals surface area contributed by atoms with E-state index in [1.807, 2.05) is 0 Å². The maximum Gasteiger partial charge on any atom is 0.387 e. The molecular formula is C13H4F8O. The van der Waals surface area contributed by atoms with Gasteiger partial charge in [0.15, 0.2) is 34.8 Å². The quantitative estimate of drug-likeness (QED) is 0.447. The monoisotopic (exact) mass is 328 g/mol. The van der Waals surface area contributed by atoms with Crippen molar-refractivity contribution in [3.05, 3.63) is 53.1 Å². The molecule has 0 amide bonds. The van der Waals surface area contributed by atoms with E-state index in [4.69, 9.17) is 0 Å². The number of halogens is 8. The Morgan fingerprint density at radius 2 is 1.18 bits per heavy atom. The lowest BCUT2D eigenvalue weighted by molar-refractivity contribution is -0.0521. The number of ether oxygens (including phenoxy) is 1. The lowest BCUT2D eigenvalue weighted by Crippen LogP contribution is -2.07. The molecule has 0 unspecified atom stereocenters. The van der Waals surface area contributed by atoms with Crippen LogP contribution in [0.15, 0.2) is 18.2 Å². The average molecular weight is 328 g/mol. The first-order valence-corrected chi connectivity index (χ1v) is 5.50. The molecule has 0 atom stereocenters. The third-order valence-electron chi connectivity index (χ3n) is 2.66. The highest BCUT2D eigenvalue weighted by molar-refractivity contribution is 5.67. The molecular weight excluding hydrogens is 324 g/mol. The highest BCUT2D eigenvalue weighted by Gasteiger charge is 2.29. The molecule has 0 saturated heterocycles. The van der Waals surface area contributed by atoms with Gasteiger partial charge in [-0.25, -0.2) is 26.3 Å². The third kappa shape index (κ3) is 2.58. The Labute approximate surface area is 117 Å². The molecule has 0 aliphatic heterocycles. The largest absolute Gasteiger partial charge is 0.432 e. The van der Waals surface area contributed by atoms with Crippen LogP contribution in [0, 0.1) is 34.9 Å². The van der Waals surface area contributed by atoms with E-state index in [0.717, 1.165) is 6.07 Å². The van der Waals surface area contributed by atoms with Crippen LogP contribution in [0.4, 0.5) is 35.1 Å². The molecule has 0 saturated carbocycles. The first-order valence-electron chi connectivity index (χ1n) is 5.50. The summed E-state index contributed by atoms with van der Waals surface area (Å²) in [6.45, 7) is -3.44. The zero-order valence-corrected chi connectivity index (χ0v) is 10.2. The van der Waals surface area contributed by atoms with Crippen molar-refractivity contribution in [2.75, 3.05) is 0 Å². The Morgan fingerprint density at radius 1 is 0.682 bits per heavy atom. The minimum atomic E-state index is -3.44. The summed E-state index contributed by atoms with van der Waals surface area (Å²) in [6, 6.07) is 2.22. The summed E-state index contributed by atoms with van der Waals surface area (Å²) >= 11 is 0. The van der Waals surface area contributed by atoms with Crippen molar-refractivity contribution in [1.29, 1.82) is 0 Å². The second kappa shape index (κ2) is 5.82. The highest BCUT2D eigenvalue weighted by Crippen LogP contribution is 2.36. The molecule has 118 valence electrons. The molecule has 2 aromatic carbocycles. The molecule has 0 heterocycles. The molecule has 0 aromatic heterocycles. The Bertz CT molecular complexity index is 699. The fraction of sp³-hybridized carbons (Fsp3) is 0.0769. The molecule has 1 nitrogen and oxygen atoms in total. The van der Waals surface area contributed by atoms with Crippen LogP contribution in [-0.2, 0) is 0 Å². The Morgan fingerprint density at radius 3 is 1.68 bits per heavy atom. The first kappa shape index (κ1) is 16.1. The van der Waals surface area contributed by atoms with Gasteiger partial charge in [-0.2, -0.15) is 8.78 Å². The van der Waals surface area contributed by atoms with Gasteiger partial charge in [0.1, 0.15) is 0 Å². The van der Waals surface area contributed by atoms with Crippen LogP contribution in [0.1, 0.15) is 0 Å². The number of hydrogen-bond donors (Lipinski definition) is 0. The second-order valence-electron chi connectivity index (χ2n) is 3.94. The molecule has 2 aromatic rings. The number of hydrogen-bond acceptors (Lipinski definition) is 1. The van der Waals surface area contributed by atoms with E-state index in [1.54, 1.807) is 0 Å². The average Bonchev–Trinajstić information content (AvgIpc) is 2.46. The molecule has 0 radical (unpaired) electrons. The van der Waals surface area contributed by atoms with Gasteiger partial charge in [0.2, 0.25) is 5.82 Å². The normalized spacial score (nSPS) is 11.1. The first-order chi connectivity index (χ1) is 10.3. The number of benzene rings is 2. The maximum atomic E-state index is 13.9. The van der Waals surface area contributed by atoms with Crippen LogP contribution in [0.25, 0.3) is 11.1 Å². The summed E-state index contributed by atoms with van der Waals surface area (Å²) in [4.78, 5) is 0. The van der Waals surface area contributed by atoms with Gasteiger partial charge in [-0.05, 0) is 6.07 Å². The SMILES string of the molecule is Fc1c(OC(F)F)cccc1-c1c(F)c(F)c(F)c(F)c1F. The Balaban J connectivity index is 2.73. The highest BCUT2D eigenvalue weighted by atomic mass is 19.3. The minimum absolute atomic E-state index is 0.659. The standard InChI is InChI=1S/C13H4F8O/c14-7-4(2-1-3-5(7)22-13(20)21)6-8(15)10(17)12(19)11(18)9(6)16/h1-3,13H. The number of alkyl halides is 2. The Kier molecular flexibility index (Phi) is 4.25. The molecule has 0 bridgehead atoms. The molecule has 2 rings (SSSR count). The fourth-order valence-electron chi connectivity index (χ4n) is 1.73. The van der Waals surface area contributed by atoms with E-state index in [9.17, 15) is 35.1 Å². The van der Waals surface area contributed by atoms with E-state index in [-0.39, 0.29) is 0 Å². The minimum Gasteiger partial charge on any atom is -0.432 e. The maximum absolute atomic E-state index is 13.9. The lowest BCUT2D eigenvalue weighted by atomic mass is 10.0. The summed E-state index contributed by atoms with van der Waals surface area (Å²) in [6.07, 6.45) is 0. The van der Waals surface area contributed by atoms with E-state index >= 15 is 0 Å². The van der Waals surface area contributed by atoms with Gasteiger partial charge in [0, 0.05) is 5.56 Å². The van der Waals surface area contributed by atoms with Crippen molar-refractivity contribution in [3.8, 4) is 16.9 Å². The van der Waals surface area contributed by atoms with Crippen molar-refractivity contribution < 1.29 is 39.9 Å². The molecule has 0 aliphatic carbocycles. The summed E-state index contributed by atoms with van der Waals surface area (Å²) in [5.41, 5.74) is -2.68. The van der Waals surface area contributed by atoms with E-state index in [0.29, 0.717) is 12.1 Å². The van der Waals surface area contributed by atoms with Gasteiger partial charge in [0.25, 0.3) is 0 Å². The summed E-state index contributed by atoms with van der Waals surface area (Å²) in [7, 11) is 0. The van der Waals surface area contributed by atoms with Crippen molar-refractivity contribution >= 4 is 0 Å². The summed E-state index contributed by atoms with van der Waals surface area (Å²) in [5.74, 6) is -14.3. The van der Waals surface area contributed by atoms with E-state index < -0.39 is 58.4 Å². The van der Waals surface area contributed by atoms with Gasteiger partial charge < -0.3 is 4.74 Å². The zero-order valence-electron chi connectivity index (χ0n) is 10.2. The molecule has 9 heteroatoms. The third-order valence-corrected chi connectivity index (χ3v) is 2.66. The van der Waals surface area contributed by atoms with Gasteiger partial charge in [-0.1, -0.05) is 12.1 Å².